The lowest BCUT2D eigenvalue weighted by Crippen LogP contribution is -2.11. The Morgan fingerprint density at radius 1 is 1.27 bits per heavy atom. The van der Waals surface area contributed by atoms with Gasteiger partial charge >= 0.3 is 5.97 Å². The van der Waals surface area contributed by atoms with E-state index in [1.165, 1.54) is 19.3 Å². The topological polar surface area (TPSA) is 26.3 Å². The third-order valence-electron chi connectivity index (χ3n) is 2.75. The van der Waals surface area contributed by atoms with Crippen molar-refractivity contribution in [1.82, 2.24) is 0 Å². The van der Waals surface area contributed by atoms with Gasteiger partial charge in [-0.3, -0.25) is 0 Å². The summed E-state index contributed by atoms with van der Waals surface area (Å²) in [7, 11) is 0. The van der Waals surface area contributed by atoms with E-state index in [0.717, 1.165) is 6.42 Å². The molecule has 0 radical (unpaired) electrons. The van der Waals surface area contributed by atoms with Crippen molar-refractivity contribution >= 4 is 5.97 Å². The molecule has 0 bridgehead atoms. The van der Waals surface area contributed by atoms with Gasteiger partial charge < -0.3 is 4.74 Å². The molecule has 0 fully saturated rings. The Hall–Kier alpha value is -0.790. The number of carbonyl (C=O) groups is 1. The monoisotopic (exact) mass is 212 g/mol. The smallest absolute Gasteiger partial charge is 0.333 e. The molecule has 0 aliphatic heterocycles. The number of esters is 1. The lowest BCUT2D eigenvalue weighted by molar-refractivity contribution is -0.139. The first kappa shape index (κ1) is 14.2. The van der Waals surface area contributed by atoms with Crippen molar-refractivity contribution in [2.75, 3.05) is 6.61 Å². The van der Waals surface area contributed by atoms with Gasteiger partial charge in [-0.25, -0.2) is 4.79 Å². The summed E-state index contributed by atoms with van der Waals surface area (Å²) in [6.07, 6.45) is 5.25. The molecule has 0 spiro atoms. The maximum Gasteiger partial charge on any atom is 0.333 e. The van der Waals surface area contributed by atoms with E-state index < -0.39 is 0 Å². The molecule has 0 saturated heterocycles. The quantitative estimate of drug-likeness (QED) is 0.453. The first-order valence-corrected chi connectivity index (χ1v) is 6.00. The molecule has 0 heterocycles. The van der Waals surface area contributed by atoms with E-state index in [1.54, 1.807) is 0 Å². The molecule has 0 rings (SSSR count). The summed E-state index contributed by atoms with van der Waals surface area (Å²) < 4.78 is 5.13. The van der Waals surface area contributed by atoms with Crippen LogP contribution in [0.15, 0.2) is 12.2 Å². The normalized spacial score (nSPS) is 12.2. The van der Waals surface area contributed by atoms with Crippen LogP contribution in [0.2, 0.25) is 0 Å². The van der Waals surface area contributed by atoms with Gasteiger partial charge in [0.05, 0.1) is 6.61 Å². The SMILES string of the molecule is C=C(CC)C(=O)OCCC(CC)CCC. The summed E-state index contributed by atoms with van der Waals surface area (Å²) in [4.78, 5) is 11.3. The van der Waals surface area contributed by atoms with E-state index in [1.807, 2.05) is 6.92 Å². The third kappa shape index (κ3) is 6.32. The fraction of sp³-hybridized carbons (Fsp3) is 0.769. The highest BCUT2D eigenvalue weighted by molar-refractivity contribution is 5.87. The summed E-state index contributed by atoms with van der Waals surface area (Å²) in [5.74, 6) is 0.460. The molecule has 88 valence electrons. The molecule has 0 aliphatic rings. The first-order valence-electron chi connectivity index (χ1n) is 6.00. The van der Waals surface area contributed by atoms with Crippen LogP contribution in [0.5, 0.6) is 0 Å². The van der Waals surface area contributed by atoms with Gasteiger partial charge in [0.1, 0.15) is 0 Å². The van der Waals surface area contributed by atoms with Gasteiger partial charge in [-0.15, -0.1) is 0 Å². The van der Waals surface area contributed by atoms with Crippen molar-refractivity contribution in [2.24, 2.45) is 5.92 Å². The highest BCUT2D eigenvalue weighted by Gasteiger charge is 2.09. The summed E-state index contributed by atoms with van der Waals surface area (Å²) in [6, 6.07) is 0. The van der Waals surface area contributed by atoms with Gasteiger partial charge in [-0.05, 0) is 18.8 Å². The Morgan fingerprint density at radius 2 is 1.93 bits per heavy atom. The molecule has 15 heavy (non-hydrogen) atoms. The lowest BCUT2D eigenvalue weighted by Gasteiger charge is -2.13. The summed E-state index contributed by atoms with van der Waals surface area (Å²) in [6.45, 7) is 10.5. The maximum atomic E-state index is 11.3. The van der Waals surface area contributed by atoms with Crippen LogP contribution in [-0.2, 0) is 9.53 Å². The zero-order chi connectivity index (χ0) is 11.7. The maximum absolute atomic E-state index is 11.3. The summed E-state index contributed by atoms with van der Waals surface area (Å²) in [5, 5.41) is 0. The standard InChI is InChI=1S/C13H24O2/c1-5-8-12(7-3)9-10-15-13(14)11(4)6-2/h12H,4-10H2,1-3H3. The molecule has 0 aromatic rings. The van der Waals surface area contributed by atoms with Crippen LogP contribution in [-0.4, -0.2) is 12.6 Å². The van der Waals surface area contributed by atoms with Crippen molar-refractivity contribution in [3.63, 3.8) is 0 Å². The molecular formula is C13H24O2. The van der Waals surface area contributed by atoms with Gasteiger partial charge in [0.25, 0.3) is 0 Å². The highest BCUT2D eigenvalue weighted by atomic mass is 16.5. The minimum atomic E-state index is -0.233. The second kappa shape index (κ2) is 8.51. The lowest BCUT2D eigenvalue weighted by atomic mass is 9.98. The molecule has 0 saturated carbocycles. The molecule has 0 aromatic carbocycles. The molecule has 1 unspecified atom stereocenters. The number of ether oxygens (including phenoxy) is 1. The van der Waals surface area contributed by atoms with E-state index in [4.69, 9.17) is 4.74 Å². The van der Waals surface area contributed by atoms with Crippen molar-refractivity contribution in [3.8, 4) is 0 Å². The minimum Gasteiger partial charge on any atom is -0.462 e. The molecule has 1 atom stereocenters. The van der Waals surface area contributed by atoms with Crippen LogP contribution in [0.1, 0.15) is 52.9 Å². The average Bonchev–Trinajstić information content (AvgIpc) is 2.26. The van der Waals surface area contributed by atoms with Gasteiger partial charge in [0.2, 0.25) is 0 Å². The summed E-state index contributed by atoms with van der Waals surface area (Å²) in [5.41, 5.74) is 0.568. The molecule has 0 aliphatic carbocycles. The van der Waals surface area contributed by atoms with Gasteiger partial charge in [0, 0.05) is 5.57 Å². The predicted octanol–water partition coefficient (Wildman–Crippen LogP) is 3.71. The second-order valence-corrected chi connectivity index (χ2v) is 3.94. The molecule has 2 nitrogen and oxygen atoms in total. The van der Waals surface area contributed by atoms with Crippen LogP contribution >= 0.6 is 0 Å². The van der Waals surface area contributed by atoms with Crippen LogP contribution in [0.3, 0.4) is 0 Å². The van der Waals surface area contributed by atoms with Crippen molar-refractivity contribution in [2.45, 2.75) is 52.9 Å². The van der Waals surface area contributed by atoms with Gasteiger partial charge in [0.15, 0.2) is 0 Å². The number of hydrogen-bond donors (Lipinski definition) is 0. The minimum absolute atomic E-state index is 0.233. The first-order chi connectivity index (χ1) is 7.15. The molecule has 0 aromatic heterocycles. The summed E-state index contributed by atoms with van der Waals surface area (Å²) >= 11 is 0. The Labute approximate surface area is 93.7 Å². The Bertz CT molecular complexity index is 197. The molecule has 2 heteroatoms. The Morgan fingerprint density at radius 3 is 2.40 bits per heavy atom. The Balaban J connectivity index is 3.67. The molecule has 0 amide bonds. The zero-order valence-electron chi connectivity index (χ0n) is 10.3. The van der Waals surface area contributed by atoms with E-state index in [9.17, 15) is 4.79 Å². The second-order valence-electron chi connectivity index (χ2n) is 3.94. The van der Waals surface area contributed by atoms with E-state index >= 15 is 0 Å². The van der Waals surface area contributed by atoms with Crippen LogP contribution < -0.4 is 0 Å². The van der Waals surface area contributed by atoms with Crippen LogP contribution in [0.25, 0.3) is 0 Å². The number of rotatable bonds is 8. The zero-order valence-corrected chi connectivity index (χ0v) is 10.3. The average molecular weight is 212 g/mol. The van der Waals surface area contributed by atoms with E-state index in [-0.39, 0.29) is 5.97 Å². The van der Waals surface area contributed by atoms with E-state index in [2.05, 4.69) is 20.4 Å². The van der Waals surface area contributed by atoms with E-state index in [0.29, 0.717) is 24.5 Å². The fourth-order valence-electron chi connectivity index (χ4n) is 1.53. The molecular weight excluding hydrogens is 188 g/mol. The van der Waals surface area contributed by atoms with Crippen molar-refractivity contribution < 1.29 is 9.53 Å². The highest BCUT2D eigenvalue weighted by Crippen LogP contribution is 2.15. The van der Waals surface area contributed by atoms with Gasteiger partial charge in [-0.2, -0.15) is 0 Å². The van der Waals surface area contributed by atoms with Crippen LogP contribution in [0.4, 0.5) is 0 Å². The molecule has 0 N–H and O–H groups in total. The van der Waals surface area contributed by atoms with Crippen molar-refractivity contribution in [3.05, 3.63) is 12.2 Å². The van der Waals surface area contributed by atoms with Crippen LogP contribution in [0, 0.1) is 5.92 Å². The fourth-order valence-corrected chi connectivity index (χ4v) is 1.53. The van der Waals surface area contributed by atoms with Crippen molar-refractivity contribution in [1.29, 1.82) is 0 Å². The number of carbonyl (C=O) groups excluding carboxylic acids is 1. The Kier molecular flexibility index (Phi) is 8.06. The third-order valence-corrected chi connectivity index (χ3v) is 2.75. The number of hydrogen-bond acceptors (Lipinski definition) is 2. The largest absolute Gasteiger partial charge is 0.462 e. The van der Waals surface area contributed by atoms with Gasteiger partial charge in [-0.1, -0.05) is 46.6 Å². The predicted molar refractivity (Wildman–Crippen MR) is 63.7 cm³/mol.